The highest BCUT2D eigenvalue weighted by molar-refractivity contribution is 7.89. The standard InChI is InChI=1S/C16H28ClN5O2S/c1-4-18-16(19-10-9-14-7-8-15(17)21-13-14)20-11-12-25(23,24)22(5-2)6-3/h7-8,13H,4-6,9-12H2,1-3H3,(H2,18,19,20). The Labute approximate surface area is 155 Å². The summed E-state index contributed by atoms with van der Waals surface area (Å²) in [4.78, 5) is 8.39. The van der Waals surface area contributed by atoms with Crippen molar-refractivity contribution in [3.05, 3.63) is 29.0 Å². The van der Waals surface area contributed by atoms with E-state index in [1.54, 1.807) is 12.3 Å². The Morgan fingerprint density at radius 1 is 1.24 bits per heavy atom. The number of aliphatic imine (C=N–C) groups is 1. The van der Waals surface area contributed by atoms with Crippen molar-refractivity contribution in [3.8, 4) is 0 Å². The predicted octanol–water partition coefficient (Wildman–Crippen LogP) is 1.50. The first-order valence-electron chi connectivity index (χ1n) is 8.53. The van der Waals surface area contributed by atoms with Gasteiger partial charge in [0.2, 0.25) is 10.0 Å². The summed E-state index contributed by atoms with van der Waals surface area (Å²) in [6.07, 6.45) is 2.51. The van der Waals surface area contributed by atoms with E-state index in [0.29, 0.717) is 37.3 Å². The summed E-state index contributed by atoms with van der Waals surface area (Å²) in [5, 5.41) is 6.79. The normalized spacial score (nSPS) is 12.4. The van der Waals surface area contributed by atoms with Crippen LogP contribution in [0.15, 0.2) is 23.3 Å². The number of pyridine rings is 1. The summed E-state index contributed by atoms with van der Waals surface area (Å²) < 4.78 is 25.8. The molecule has 142 valence electrons. The fourth-order valence-corrected chi connectivity index (χ4v) is 3.72. The van der Waals surface area contributed by atoms with Crippen molar-refractivity contribution in [3.63, 3.8) is 0 Å². The molecule has 9 heteroatoms. The lowest BCUT2D eigenvalue weighted by molar-refractivity contribution is 0.445. The highest BCUT2D eigenvalue weighted by atomic mass is 35.5. The molecule has 25 heavy (non-hydrogen) atoms. The molecule has 0 unspecified atom stereocenters. The van der Waals surface area contributed by atoms with Gasteiger partial charge in [0.25, 0.3) is 0 Å². The molecule has 1 aromatic rings. The van der Waals surface area contributed by atoms with Crippen LogP contribution in [0.2, 0.25) is 5.15 Å². The van der Waals surface area contributed by atoms with Crippen molar-refractivity contribution in [2.24, 2.45) is 4.99 Å². The minimum absolute atomic E-state index is 0.00631. The molecule has 0 bridgehead atoms. The fraction of sp³-hybridized carbons (Fsp3) is 0.625. The number of aromatic nitrogens is 1. The van der Waals surface area contributed by atoms with Crippen molar-refractivity contribution in [1.29, 1.82) is 0 Å². The zero-order valence-electron chi connectivity index (χ0n) is 15.1. The van der Waals surface area contributed by atoms with Gasteiger partial charge < -0.3 is 10.6 Å². The van der Waals surface area contributed by atoms with E-state index in [2.05, 4.69) is 20.6 Å². The van der Waals surface area contributed by atoms with Gasteiger partial charge in [-0.25, -0.2) is 17.7 Å². The van der Waals surface area contributed by atoms with Crippen LogP contribution in [0, 0.1) is 0 Å². The quantitative estimate of drug-likeness (QED) is 0.360. The molecule has 0 aliphatic carbocycles. The van der Waals surface area contributed by atoms with Crippen molar-refractivity contribution in [2.75, 3.05) is 38.5 Å². The van der Waals surface area contributed by atoms with Crippen LogP contribution >= 0.6 is 11.6 Å². The number of sulfonamides is 1. The molecule has 1 aromatic heterocycles. The maximum Gasteiger partial charge on any atom is 0.215 e. The van der Waals surface area contributed by atoms with Gasteiger partial charge in [-0.3, -0.25) is 4.99 Å². The van der Waals surface area contributed by atoms with E-state index in [9.17, 15) is 8.42 Å². The lowest BCUT2D eigenvalue weighted by Crippen LogP contribution is -2.39. The highest BCUT2D eigenvalue weighted by Crippen LogP contribution is 2.05. The molecule has 0 saturated carbocycles. The maximum absolute atomic E-state index is 12.2. The van der Waals surface area contributed by atoms with Gasteiger partial charge in [0.15, 0.2) is 5.96 Å². The van der Waals surface area contributed by atoms with Crippen molar-refractivity contribution in [2.45, 2.75) is 27.2 Å². The fourth-order valence-electron chi connectivity index (χ4n) is 2.24. The number of halogens is 1. The first kappa shape index (κ1) is 21.7. The van der Waals surface area contributed by atoms with Gasteiger partial charge >= 0.3 is 0 Å². The molecule has 0 atom stereocenters. The Morgan fingerprint density at radius 2 is 1.96 bits per heavy atom. The van der Waals surface area contributed by atoms with Gasteiger partial charge in [-0.1, -0.05) is 31.5 Å². The van der Waals surface area contributed by atoms with Gasteiger partial charge in [-0.05, 0) is 25.0 Å². The van der Waals surface area contributed by atoms with Crippen LogP contribution < -0.4 is 10.6 Å². The summed E-state index contributed by atoms with van der Waals surface area (Å²) >= 11 is 5.77. The molecule has 0 aliphatic heterocycles. The molecular weight excluding hydrogens is 362 g/mol. The van der Waals surface area contributed by atoms with Gasteiger partial charge in [-0.15, -0.1) is 0 Å². The summed E-state index contributed by atoms with van der Waals surface area (Å²) in [5.74, 6) is 0.617. The average Bonchev–Trinajstić information content (AvgIpc) is 2.57. The molecule has 0 aliphatic rings. The topological polar surface area (TPSA) is 86.7 Å². The third kappa shape index (κ3) is 8.02. The van der Waals surface area contributed by atoms with Gasteiger partial charge in [-0.2, -0.15) is 0 Å². The molecule has 1 heterocycles. The van der Waals surface area contributed by atoms with Crippen LogP contribution in [-0.4, -0.2) is 62.1 Å². The van der Waals surface area contributed by atoms with Crippen molar-refractivity contribution >= 4 is 27.6 Å². The molecule has 7 nitrogen and oxygen atoms in total. The zero-order chi connectivity index (χ0) is 18.7. The number of guanidine groups is 1. The molecule has 1 rings (SSSR count). The third-order valence-corrected chi connectivity index (χ3v) is 5.78. The summed E-state index contributed by atoms with van der Waals surface area (Å²) in [5.41, 5.74) is 1.07. The van der Waals surface area contributed by atoms with E-state index in [0.717, 1.165) is 12.0 Å². The van der Waals surface area contributed by atoms with Crippen LogP contribution in [0.1, 0.15) is 26.3 Å². The smallest absolute Gasteiger partial charge is 0.215 e. The predicted molar refractivity (Wildman–Crippen MR) is 104 cm³/mol. The van der Waals surface area contributed by atoms with E-state index in [4.69, 9.17) is 11.6 Å². The highest BCUT2D eigenvalue weighted by Gasteiger charge is 2.17. The first-order chi connectivity index (χ1) is 11.9. The van der Waals surface area contributed by atoms with Crippen LogP contribution in [0.4, 0.5) is 0 Å². The van der Waals surface area contributed by atoms with E-state index >= 15 is 0 Å². The van der Waals surface area contributed by atoms with Crippen LogP contribution in [0.25, 0.3) is 0 Å². The molecular formula is C16H28ClN5O2S. The number of hydrogen-bond donors (Lipinski definition) is 2. The second-order valence-corrected chi connectivity index (χ2v) is 7.80. The molecule has 0 radical (unpaired) electrons. The SMILES string of the molecule is CCNC(=NCCS(=O)(=O)N(CC)CC)NCCc1ccc(Cl)nc1. The molecule has 0 amide bonds. The number of hydrogen-bond acceptors (Lipinski definition) is 4. The number of nitrogens with zero attached hydrogens (tertiary/aromatic N) is 3. The molecule has 2 N–H and O–H groups in total. The van der Waals surface area contributed by atoms with Gasteiger partial charge in [0.1, 0.15) is 5.15 Å². The summed E-state index contributed by atoms with van der Waals surface area (Å²) in [6, 6.07) is 3.69. The molecule has 0 aromatic carbocycles. The van der Waals surface area contributed by atoms with Gasteiger partial charge in [0.05, 0.1) is 12.3 Å². The number of nitrogens with one attached hydrogen (secondary N) is 2. The molecule has 0 saturated heterocycles. The van der Waals surface area contributed by atoms with Crippen molar-refractivity contribution in [1.82, 2.24) is 19.9 Å². The molecule has 0 fully saturated rings. The second kappa shape index (κ2) is 11.3. The van der Waals surface area contributed by atoms with Crippen LogP contribution in [0.3, 0.4) is 0 Å². The first-order valence-corrected chi connectivity index (χ1v) is 10.5. The largest absolute Gasteiger partial charge is 0.357 e. The van der Waals surface area contributed by atoms with E-state index in [1.807, 2.05) is 26.8 Å². The Kier molecular flexibility index (Phi) is 9.77. The summed E-state index contributed by atoms with van der Waals surface area (Å²) in [7, 11) is -3.25. The zero-order valence-corrected chi connectivity index (χ0v) is 16.7. The minimum atomic E-state index is -3.25. The van der Waals surface area contributed by atoms with E-state index in [-0.39, 0.29) is 12.3 Å². The third-order valence-electron chi connectivity index (χ3n) is 3.56. The summed E-state index contributed by atoms with van der Waals surface area (Å²) in [6.45, 7) is 8.19. The maximum atomic E-state index is 12.2. The van der Waals surface area contributed by atoms with Crippen molar-refractivity contribution < 1.29 is 8.42 Å². The second-order valence-electron chi connectivity index (χ2n) is 5.33. The minimum Gasteiger partial charge on any atom is -0.357 e. The number of rotatable bonds is 10. The van der Waals surface area contributed by atoms with Crippen LogP contribution in [0.5, 0.6) is 0 Å². The molecule has 0 spiro atoms. The Hall–Kier alpha value is -1.38. The van der Waals surface area contributed by atoms with Gasteiger partial charge in [0, 0.05) is 32.4 Å². The van der Waals surface area contributed by atoms with Crippen LogP contribution in [-0.2, 0) is 16.4 Å². The Morgan fingerprint density at radius 3 is 2.52 bits per heavy atom. The lowest BCUT2D eigenvalue weighted by atomic mass is 10.2. The monoisotopic (exact) mass is 389 g/mol. The van der Waals surface area contributed by atoms with E-state index in [1.165, 1.54) is 4.31 Å². The Balaban J connectivity index is 2.51. The Bertz CT molecular complexity index is 630. The lowest BCUT2D eigenvalue weighted by Gasteiger charge is -2.18. The average molecular weight is 390 g/mol. The van der Waals surface area contributed by atoms with E-state index < -0.39 is 10.0 Å².